The monoisotopic (exact) mass is 387 g/mol. The molecule has 2 heterocycles. The molecule has 0 aliphatic rings. The molecule has 0 aliphatic carbocycles. The number of nitrogens with one attached hydrogen (secondary N) is 1. The largest absolute Gasteiger partial charge is 0.453 e. The third kappa shape index (κ3) is 3.51. The van der Waals surface area contributed by atoms with E-state index in [2.05, 4.69) is 20.6 Å². The molecule has 0 amide bonds. The average Bonchev–Trinajstić information content (AvgIpc) is 3.10. The van der Waals surface area contributed by atoms with Gasteiger partial charge >= 0.3 is 6.18 Å². The van der Waals surface area contributed by atoms with Crippen LogP contribution in [0.25, 0.3) is 5.65 Å². The van der Waals surface area contributed by atoms with E-state index in [9.17, 15) is 17.6 Å². The Morgan fingerprint density at radius 1 is 0.857 bits per heavy atom. The molecule has 0 bridgehead atoms. The minimum absolute atomic E-state index is 0.0279. The Morgan fingerprint density at radius 3 is 2.32 bits per heavy atom. The van der Waals surface area contributed by atoms with Gasteiger partial charge < -0.3 is 5.32 Å². The molecule has 0 radical (unpaired) electrons. The van der Waals surface area contributed by atoms with Gasteiger partial charge in [-0.15, -0.1) is 15.3 Å². The van der Waals surface area contributed by atoms with Crippen LogP contribution in [-0.2, 0) is 6.18 Å². The first-order chi connectivity index (χ1) is 13.4. The van der Waals surface area contributed by atoms with Crippen molar-refractivity contribution < 1.29 is 17.6 Å². The first-order valence-electron chi connectivity index (χ1n) is 8.28. The Hall–Kier alpha value is -3.49. The smallest absolute Gasteiger partial charge is 0.358 e. The van der Waals surface area contributed by atoms with Crippen molar-refractivity contribution in [3.63, 3.8) is 0 Å². The third-order valence-corrected chi connectivity index (χ3v) is 4.12. The van der Waals surface area contributed by atoms with Gasteiger partial charge in [0.05, 0.1) is 6.04 Å². The zero-order valence-corrected chi connectivity index (χ0v) is 14.2. The summed E-state index contributed by atoms with van der Waals surface area (Å²) >= 11 is 0. The molecule has 0 saturated heterocycles. The summed E-state index contributed by atoms with van der Waals surface area (Å²) in [5, 5.41) is 13.7. The van der Waals surface area contributed by atoms with E-state index in [0.717, 1.165) is 5.56 Å². The molecule has 0 fully saturated rings. The van der Waals surface area contributed by atoms with Crippen LogP contribution in [0.15, 0.2) is 66.7 Å². The fraction of sp³-hybridized carbons (Fsp3) is 0.105. The maximum atomic E-state index is 13.7. The van der Waals surface area contributed by atoms with Crippen molar-refractivity contribution in [2.45, 2.75) is 12.2 Å². The van der Waals surface area contributed by atoms with Crippen LogP contribution in [0.2, 0.25) is 0 Å². The maximum Gasteiger partial charge on any atom is 0.453 e. The summed E-state index contributed by atoms with van der Waals surface area (Å²) in [6.45, 7) is 0. The van der Waals surface area contributed by atoms with Crippen LogP contribution in [0.4, 0.5) is 23.4 Å². The molecule has 4 rings (SSSR count). The molecule has 0 aliphatic heterocycles. The molecule has 142 valence electrons. The van der Waals surface area contributed by atoms with Crippen molar-refractivity contribution >= 4 is 11.5 Å². The molecule has 1 atom stereocenters. The number of fused-ring (bicyclic) bond motifs is 1. The molecule has 0 spiro atoms. The Bertz CT molecular complexity index is 1110. The lowest BCUT2D eigenvalue weighted by molar-refractivity contribution is -0.146. The predicted octanol–water partition coefficient (Wildman–Crippen LogP) is 4.48. The normalized spacial score (nSPS) is 12.9. The molecule has 9 heteroatoms. The first-order valence-corrected chi connectivity index (χ1v) is 8.28. The van der Waals surface area contributed by atoms with Gasteiger partial charge in [-0.25, -0.2) is 4.39 Å². The molecule has 1 N–H and O–H groups in total. The third-order valence-electron chi connectivity index (χ3n) is 4.12. The molecule has 2 aromatic heterocycles. The Kier molecular flexibility index (Phi) is 4.42. The molecule has 28 heavy (non-hydrogen) atoms. The molecule has 4 aromatic rings. The molecular formula is C19H13F4N5. The van der Waals surface area contributed by atoms with Gasteiger partial charge in [0.25, 0.3) is 5.82 Å². The number of hydrogen-bond donors (Lipinski definition) is 1. The van der Waals surface area contributed by atoms with Gasteiger partial charge in [0, 0.05) is 0 Å². The molecular weight excluding hydrogens is 374 g/mol. The molecule has 0 saturated carbocycles. The van der Waals surface area contributed by atoms with Crippen LogP contribution in [0.1, 0.15) is 23.0 Å². The second kappa shape index (κ2) is 6.91. The minimum atomic E-state index is -4.69. The van der Waals surface area contributed by atoms with E-state index >= 15 is 0 Å². The van der Waals surface area contributed by atoms with Crippen molar-refractivity contribution in [1.29, 1.82) is 0 Å². The van der Waals surface area contributed by atoms with Crippen molar-refractivity contribution in [2.24, 2.45) is 0 Å². The van der Waals surface area contributed by atoms with E-state index in [0.29, 0.717) is 10.1 Å². The number of hydrogen-bond acceptors (Lipinski definition) is 4. The van der Waals surface area contributed by atoms with Crippen LogP contribution < -0.4 is 5.32 Å². The zero-order valence-electron chi connectivity index (χ0n) is 14.2. The number of aromatic nitrogens is 4. The first kappa shape index (κ1) is 17.9. The van der Waals surface area contributed by atoms with Crippen molar-refractivity contribution in [3.05, 3.63) is 89.5 Å². The van der Waals surface area contributed by atoms with Crippen LogP contribution in [0.5, 0.6) is 0 Å². The van der Waals surface area contributed by atoms with E-state index < -0.39 is 23.9 Å². The van der Waals surface area contributed by atoms with E-state index in [4.69, 9.17) is 0 Å². The maximum absolute atomic E-state index is 13.7. The van der Waals surface area contributed by atoms with Crippen molar-refractivity contribution in [3.8, 4) is 0 Å². The van der Waals surface area contributed by atoms with E-state index in [1.165, 1.54) is 24.3 Å². The Balaban J connectivity index is 1.77. The Labute approximate surface area is 156 Å². The molecule has 2 aromatic carbocycles. The second-order valence-corrected chi connectivity index (χ2v) is 6.05. The highest BCUT2D eigenvalue weighted by Gasteiger charge is 2.37. The summed E-state index contributed by atoms with van der Waals surface area (Å²) in [5.41, 5.74) is 1.38. The molecule has 1 unspecified atom stereocenters. The van der Waals surface area contributed by atoms with E-state index in [1.54, 1.807) is 12.1 Å². The number of rotatable bonds is 4. The summed E-state index contributed by atoms with van der Waals surface area (Å²) in [6, 6.07) is 17.5. The number of alkyl halides is 3. The van der Waals surface area contributed by atoms with Crippen LogP contribution >= 0.6 is 0 Å². The summed E-state index contributed by atoms with van der Waals surface area (Å²) in [4.78, 5) is 0. The van der Waals surface area contributed by atoms with Gasteiger partial charge in [0.1, 0.15) is 11.6 Å². The van der Waals surface area contributed by atoms with Crippen molar-refractivity contribution in [1.82, 2.24) is 19.8 Å². The highest BCUT2D eigenvalue weighted by molar-refractivity contribution is 5.48. The lowest BCUT2D eigenvalue weighted by Gasteiger charge is -2.20. The standard InChI is InChI=1S/C19H13F4N5/c20-14-8-4-7-13(11-14)17(12-5-2-1-3-6-12)24-15-9-10-16-25-26-18(19(21,22)23)28(16)27-15/h1-11,17H,(H,24,27). The summed E-state index contributed by atoms with van der Waals surface area (Å²) < 4.78 is 53.7. The molecule has 5 nitrogen and oxygen atoms in total. The second-order valence-electron chi connectivity index (χ2n) is 6.05. The van der Waals surface area contributed by atoms with Crippen LogP contribution in [-0.4, -0.2) is 19.8 Å². The fourth-order valence-electron chi connectivity index (χ4n) is 2.88. The summed E-state index contributed by atoms with van der Waals surface area (Å²) in [6.07, 6.45) is -4.69. The van der Waals surface area contributed by atoms with Gasteiger partial charge in [-0.1, -0.05) is 42.5 Å². The van der Waals surface area contributed by atoms with Crippen LogP contribution in [0, 0.1) is 5.82 Å². The highest BCUT2D eigenvalue weighted by atomic mass is 19.4. The quantitative estimate of drug-likeness (QED) is 0.525. The Morgan fingerprint density at radius 2 is 1.61 bits per heavy atom. The van der Waals surface area contributed by atoms with Gasteiger partial charge in [0.15, 0.2) is 5.65 Å². The van der Waals surface area contributed by atoms with Crippen LogP contribution in [0.3, 0.4) is 0 Å². The number of halogens is 4. The van der Waals surface area contributed by atoms with Gasteiger partial charge in [-0.05, 0) is 35.4 Å². The summed E-state index contributed by atoms with van der Waals surface area (Å²) in [7, 11) is 0. The fourth-order valence-corrected chi connectivity index (χ4v) is 2.88. The summed E-state index contributed by atoms with van der Waals surface area (Å²) in [5.74, 6) is -1.47. The lowest BCUT2D eigenvalue weighted by atomic mass is 9.98. The zero-order chi connectivity index (χ0) is 19.7. The lowest BCUT2D eigenvalue weighted by Crippen LogP contribution is -2.16. The predicted molar refractivity (Wildman–Crippen MR) is 94.1 cm³/mol. The topological polar surface area (TPSA) is 55.1 Å². The SMILES string of the molecule is Fc1cccc(C(Nc2ccc3nnc(C(F)(F)F)n3n2)c2ccccc2)c1. The van der Waals surface area contributed by atoms with Gasteiger partial charge in [-0.3, -0.25) is 0 Å². The van der Waals surface area contributed by atoms with Gasteiger partial charge in [0.2, 0.25) is 0 Å². The van der Waals surface area contributed by atoms with Crippen molar-refractivity contribution in [2.75, 3.05) is 5.32 Å². The number of anilines is 1. The minimum Gasteiger partial charge on any atom is -0.358 e. The average molecular weight is 387 g/mol. The number of nitrogens with zero attached hydrogens (tertiary/aromatic N) is 4. The highest BCUT2D eigenvalue weighted by Crippen LogP contribution is 2.29. The van der Waals surface area contributed by atoms with Gasteiger partial charge in [-0.2, -0.15) is 17.7 Å². The van der Waals surface area contributed by atoms with E-state index in [1.807, 2.05) is 30.3 Å². The number of benzene rings is 2. The van der Waals surface area contributed by atoms with E-state index in [-0.39, 0.29) is 11.5 Å².